The Hall–Kier alpha value is -2.02. The van der Waals surface area contributed by atoms with Crippen LogP contribution in [-0.2, 0) is 4.79 Å². The maximum atomic E-state index is 13.1. The Bertz CT molecular complexity index is 541. The first-order chi connectivity index (χ1) is 9.64. The van der Waals surface area contributed by atoms with Crippen molar-refractivity contribution in [2.24, 2.45) is 17.1 Å². The summed E-state index contributed by atoms with van der Waals surface area (Å²) >= 11 is 0. The third kappa shape index (κ3) is 5.11. The molecule has 0 radical (unpaired) electrons. The number of halogens is 1. The van der Waals surface area contributed by atoms with Crippen molar-refractivity contribution in [1.29, 1.82) is 0 Å². The number of rotatable bonds is 5. The molecule has 1 amide bonds. The van der Waals surface area contributed by atoms with E-state index in [4.69, 9.17) is 5.73 Å². The van der Waals surface area contributed by atoms with Crippen molar-refractivity contribution >= 4 is 17.3 Å². The molecule has 3 N–H and O–H groups in total. The number of hydrogen-bond donors (Lipinski definition) is 2. The number of carbonyl (C=O) groups excluding carboxylic acids is 1. The molecule has 1 unspecified atom stereocenters. The number of nitrogens with two attached hydrogens (primary N) is 1. The molecule has 1 aromatic rings. The molecule has 7 heteroatoms. The number of benzene rings is 1. The van der Waals surface area contributed by atoms with Crippen LogP contribution >= 0.6 is 0 Å². The van der Waals surface area contributed by atoms with Crippen LogP contribution in [0, 0.1) is 27.3 Å². The third-order valence-corrected chi connectivity index (χ3v) is 2.93. The summed E-state index contributed by atoms with van der Waals surface area (Å²) < 4.78 is 13.1. The van der Waals surface area contributed by atoms with Crippen molar-refractivity contribution in [3.05, 3.63) is 34.1 Å². The number of carbonyl (C=O) groups is 1. The van der Waals surface area contributed by atoms with Gasteiger partial charge in [0.1, 0.15) is 11.5 Å². The topological polar surface area (TPSA) is 98.3 Å². The van der Waals surface area contributed by atoms with E-state index in [0.29, 0.717) is 6.42 Å². The van der Waals surface area contributed by atoms with Crippen molar-refractivity contribution in [2.45, 2.75) is 27.2 Å². The average Bonchev–Trinajstić information content (AvgIpc) is 2.36. The third-order valence-electron chi connectivity index (χ3n) is 2.93. The van der Waals surface area contributed by atoms with Crippen LogP contribution in [0.25, 0.3) is 0 Å². The molecule has 0 fully saturated rings. The molecule has 6 nitrogen and oxygen atoms in total. The predicted molar refractivity (Wildman–Crippen MR) is 78.3 cm³/mol. The molecular weight excluding hydrogens is 277 g/mol. The van der Waals surface area contributed by atoms with E-state index in [2.05, 4.69) is 5.32 Å². The molecule has 0 spiro atoms. The van der Waals surface area contributed by atoms with Crippen LogP contribution in [0.3, 0.4) is 0 Å². The lowest BCUT2D eigenvalue weighted by molar-refractivity contribution is -0.384. The summed E-state index contributed by atoms with van der Waals surface area (Å²) in [6, 6.07) is 3.01. The van der Waals surface area contributed by atoms with Gasteiger partial charge in [-0.25, -0.2) is 4.39 Å². The molecular formula is C14H20FN3O3. The van der Waals surface area contributed by atoms with Crippen molar-refractivity contribution in [2.75, 3.05) is 11.9 Å². The standard InChI is InChI=1S/C14H20FN3O3/c1-14(2,3)7-9(8-16)13(19)17-11-5-4-10(15)6-12(11)18(20)21/h4-6,9H,7-8,16H2,1-3H3,(H,17,19). The molecule has 1 rings (SSSR count). The lowest BCUT2D eigenvalue weighted by Gasteiger charge is -2.24. The van der Waals surface area contributed by atoms with E-state index < -0.39 is 28.3 Å². The summed E-state index contributed by atoms with van der Waals surface area (Å²) in [6.07, 6.45) is 0.546. The van der Waals surface area contributed by atoms with Crippen LogP contribution in [0.15, 0.2) is 18.2 Å². The highest BCUT2D eigenvalue weighted by atomic mass is 19.1. The summed E-state index contributed by atoms with van der Waals surface area (Å²) in [4.78, 5) is 22.3. The SMILES string of the molecule is CC(C)(C)CC(CN)C(=O)Nc1ccc(F)cc1[N+](=O)[O-]. The zero-order valence-electron chi connectivity index (χ0n) is 12.4. The van der Waals surface area contributed by atoms with E-state index >= 15 is 0 Å². The van der Waals surface area contributed by atoms with E-state index in [1.54, 1.807) is 0 Å². The van der Waals surface area contributed by atoms with E-state index in [9.17, 15) is 19.3 Å². The van der Waals surface area contributed by atoms with Gasteiger partial charge in [-0.1, -0.05) is 20.8 Å². The lowest BCUT2D eigenvalue weighted by Crippen LogP contribution is -2.32. The molecule has 116 valence electrons. The number of nitrogens with zero attached hydrogens (tertiary/aromatic N) is 1. The van der Waals surface area contributed by atoms with Gasteiger partial charge in [0.05, 0.1) is 16.9 Å². The Morgan fingerprint density at radius 1 is 1.48 bits per heavy atom. The van der Waals surface area contributed by atoms with Crippen LogP contribution < -0.4 is 11.1 Å². The summed E-state index contributed by atoms with van der Waals surface area (Å²) in [5, 5.41) is 13.4. The Balaban J connectivity index is 2.94. The quantitative estimate of drug-likeness (QED) is 0.644. The summed E-state index contributed by atoms with van der Waals surface area (Å²) in [7, 11) is 0. The van der Waals surface area contributed by atoms with Crippen molar-refractivity contribution in [1.82, 2.24) is 0 Å². The van der Waals surface area contributed by atoms with Crippen LogP contribution in [0.5, 0.6) is 0 Å². The zero-order valence-corrected chi connectivity index (χ0v) is 12.4. The molecule has 0 aliphatic rings. The normalized spacial score (nSPS) is 12.8. The molecule has 0 heterocycles. The van der Waals surface area contributed by atoms with Gasteiger partial charge in [-0.3, -0.25) is 14.9 Å². The highest BCUT2D eigenvalue weighted by Crippen LogP contribution is 2.28. The molecule has 1 atom stereocenters. The van der Waals surface area contributed by atoms with E-state index in [0.717, 1.165) is 12.1 Å². The van der Waals surface area contributed by atoms with E-state index in [1.807, 2.05) is 20.8 Å². The van der Waals surface area contributed by atoms with Gasteiger partial charge in [0, 0.05) is 6.54 Å². The molecule has 0 saturated carbocycles. The summed E-state index contributed by atoms with van der Waals surface area (Å²) in [5.41, 5.74) is 4.99. The molecule has 0 bridgehead atoms. The Labute approximate surface area is 122 Å². The van der Waals surface area contributed by atoms with Gasteiger partial charge in [0.2, 0.25) is 5.91 Å². The van der Waals surface area contributed by atoms with Gasteiger partial charge < -0.3 is 11.1 Å². The van der Waals surface area contributed by atoms with Gasteiger partial charge in [-0.2, -0.15) is 0 Å². The van der Waals surface area contributed by atoms with E-state index in [1.165, 1.54) is 6.07 Å². The van der Waals surface area contributed by atoms with Gasteiger partial charge in [-0.15, -0.1) is 0 Å². The minimum Gasteiger partial charge on any atom is -0.330 e. The van der Waals surface area contributed by atoms with Crippen LogP contribution in [-0.4, -0.2) is 17.4 Å². The molecule has 0 aliphatic carbocycles. The molecule has 1 aromatic carbocycles. The Morgan fingerprint density at radius 2 is 2.10 bits per heavy atom. The molecule has 0 saturated heterocycles. The minimum atomic E-state index is -0.736. The lowest BCUT2D eigenvalue weighted by atomic mass is 9.84. The highest BCUT2D eigenvalue weighted by Gasteiger charge is 2.25. The number of hydrogen-bond acceptors (Lipinski definition) is 4. The maximum absolute atomic E-state index is 13.1. The van der Waals surface area contributed by atoms with Gasteiger partial charge in [0.25, 0.3) is 5.69 Å². The number of nitro groups is 1. The van der Waals surface area contributed by atoms with Gasteiger partial charge in [0.15, 0.2) is 0 Å². The first-order valence-corrected chi connectivity index (χ1v) is 6.59. The number of anilines is 1. The van der Waals surface area contributed by atoms with Crippen molar-refractivity contribution in [3.8, 4) is 0 Å². The summed E-state index contributed by atoms with van der Waals surface area (Å²) in [5.74, 6) is -1.60. The Kier molecular flexibility index (Phi) is 5.37. The number of nitro benzene ring substituents is 1. The minimum absolute atomic E-state index is 0.0289. The first kappa shape index (κ1) is 17.0. The van der Waals surface area contributed by atoms with Crippen molar-refractivity contribution in [3.63, 3.8) is 0 Å². The number of nitrogens with one attached hydrogen (secondary N) is 1. The fourth-order valence-corrected chi connectivity index (χ4v) is 2.02. The second kappa shape index (κ2) is 6.62. The monoisotopic (exact) mass is 297 g/mol. The maximum Gasteiger partial charge on any atom is 0.295 e. The molecule has 0 aliphatic heterocycles. The predicted octanol–water partition coefficient (Wildman–Crippen LogP) is 2.68. The van der Waals surface area contributed by atoms with E-state index in [-0.39, 0.29) is 17.6 Å². The van der Waals surface area contributed by atoms with Crippen molar-refractivity contribution < 1.29 is 14.1 Å². The summed E-state index contributed by atoms with van der Waals surface area (Å²) in [6.45, 7) is 6.06. The second-order valence-electron chi connectivity index (χ2n) is 6.11. The van der Waals surface area contributed by atoms with Crippen LogP contribution in [0.4, 0.5) is 15.8 Å². The average molecular weight is 297 g/mol. The fourth-order valence-electron chi connectivity index (χ4n) is 2.02. The van der Waals surface area contributed by atoms with Gasteiger partial charge >= 0.3 is 0 Å². The van der Waals surface area contributed by atoms with Crippen LogP contribution in [0.1, 0.15) is 27.2 Å². The fraction of sp³-hybridized carbons (Fsp3) is 0.500. The molecule has 0 aromatic heterocycles. The number of amides is 1. The zero-order chi connectivity index (χ0) is 16.2. The first-order valence-electron chi connectivity index (χ1n) is 6.59. The molecule has 21 heavy (non-hydrogen) atoms. The smallest absolute Gasteiger partial charge is 0.295 e. The van der Waals surface area contributed by atoms with Crippen LogP contribution in [0.2, 0.25) is 0 Å². The highest BCUT2D eigenvalue weighted by molar-refractivity contribution is 5.94. The largest absolute Gasteiger partial charge is 0.330 e. The second-order valence-corrected chi connectivity index (χ2v) is 6.11. The van der Waals surface area contributed by atoms with Gasteiger partial charge in [-0.05, 0) is 24.0 Å². The Morgan fingerprint density at radius 3 is 2.57 bits per heavy atom.